The molecule has 3 amide bonds. The van der Waals surface area contributed by atoms with Crippen LogP contribution in [0.15, 0.2) is 36.4 Å². The first kappa shape index (κ1) is 29.2. The topological polar surface area (TPSA) is 123 Å². The minimum absolute atomic E-state index is 0.0462. The number of carbonyl (C=O) groups excluding carboxylic acids is 2. The van der Waals surface area contributed by atoms with Crippen LogP contribution in [-0.2, 0) is 9.53 Å². The van der Waals surface area contributed by atoms with Gasteiger partial charge in [-0.25, -0.2) is 19.5 Å². The van der Waals surface area contributed by atoms with Crippen LogP contribution in [0.4, 0.5) is 34.4 Å². The number of amides is 3. The van der Waals surface area contributed by atoms with Gasteiger partial charge in [0.05, 0.1) is 16.7 Å². The number of nitrogens with one attached hydrogen (secondary N) is 1. The fourth-order valence-electron chi connectivity index (χ4n) is 6.69. The molecule has 2 heterocycles. The summed E-state index contributed by atoms with van der Waals surface area (Å²) in [7, 11) is 0. The van der Waals surface area contributed by atoms with Gasteiger partial charge in [0, 0.05) is 11.6 Å². The third-order valence-corrected chi connectivity index (χ3v) is 7.65. The maximum absolute atomic E-state index is 12.8. The third kappa shape index (κ3) is 5.72. The molecule has 2 aliphatic rings. The first-order valence-corrected chi connectivity index (χ1v) is 13.4. The lowest BCUT2D eigenvalue weighted by molar-refractivity contribution is -0.274. The molecule has 1 aliphatic carbocycles. The molecule has 1 saturated carbocycles. The van der Waals surface area contributed by atoms with Gasteiger partial charge < -0.3 is 19.1 Å². The molecule has 1 unspecified atom stereocenters. The van der Waals surface area contributed by atoms with Gasteiger partial charge >= 0.3 is 18.5 Å². The van der Waals surface area contributed by atoms with Gasteiger partial charge in [0.25, 0.3) is 5.91 Å². The van der Waals surface area contributed by atoms with Crippen LogP contribution in [0.3, 0.4) is 0 Å². The molecule has 2 fully saturated rings. The number of aryl methyl sites for hydroxylation is 1. The summed E-state index contributed by atoms with van der Waals surface area (Å²) in [6.45, 7) is 10.4. The molecule has 10 nitrogen and oxygen atoms in total. The van der Waals surface area contributed by atoms with Crippen LogP contribution in [0.5, 0.6) is 5.75 Å². The Morgan fingerprint density at radius 1 is 1.12 bits per heavy atom. The second kappa shape index (κ2) is 9.92. The monoisotopic (exact) mass is 588 g/mol. The van der Waals surface area contributed by atoms with E-state index in [-0.39, 0.29) is 28.5 Å². The second-order valence-electron chi connectivity index (χ2n) is 12.5. The molecule has 13 heteroatoms. The van der Waals surface area contributed by atoms with E-state index in [2.05, 4.69) is 37.7 Å². The van der Waals surface area contributed by atoms with Crippen molar-refractivity contribution in [3.8, 4) is 5.75 Å². The van der Waals surface area contributed by atoms with E-state index < -0.39 is 36.3 Å². The fraction of sp³-hybridized carbons (Fsp3) is 0.448. The number of carboxylic acid groups (broad SMARTS) is 1. The minimum atomic E-state index is -4.90. The summed E-state index contributed by atoms with van der Waals surface area (Å²) in [6, 6.07) is 7.71. The Morgan fingerprint density at radius 2 is 1.74 bits per heavy atom. The number of alkyl carbamates (subject to hydrolysis) is 1. The highest BCUT2D eigenvalue weighted by atomic mass is 19.4. The zero-order valence-corrected chi connectivity index (χ0v) is 23.7. The number of imidazole rings is 1. The average molecular weight is 589 g/mol. The van der Waals surface area contributed by atoms with E-state index in [4.69, 9.17) is 9.72 Å². The molecule has 1 aromatic heterocycles. The second-order valence-corrected chi connectivity index (χ2v) is 12.5. The average Bonchev–Trinajstić information content (AvgIpc) is 3.34. The van der Waals surface area contributed by atoms with Crippen molar-refractivity contribution < 1.29 is 42.1 Å². The number of anilines is 2. The number of hydrogen-bond donors (Lipinski definition) is 2. The van der Waals surface area contributed by atoms with Crippen LogP contribution in [-0.4, -0.2) is 39.1 Å². The summed E-state index contributed by atoms with van der Waals surface area (Å²) >= 11 is 0. The molecule has 0 radical (unpaired) electrons. The predicted octanol–water partition coefficient (Wildman–Crippen LogP) is 7.14. The Morgan fingerprint density at radius 3 is 2.26 bits per heavy atom. The lowest BCUT2D eigenvalue weighted by atomic mass is 9.63. The number of ether oxygens (including phenoxy) is 2. The van der Waals surface area contributed by atoms with Crippen molar-refractivity contribution >= 4 is 40.8 Å². The summed E-state index contributed by atoms with van der Waals surface area (Å²) in [6.07, 6.45) is -5.96. The Kier molecular flexibility index (Phi) is 6.90. The number of cyclic esters (lactones) is 1. The number of carbonyl (C=O) groups is 3. The Hall–Kier alpha value is -4.29. The number of benzene rings is 2. The molecule has 3 aromatic rings. The van der Waals surface area contributed by atoms with Crippen molar-refractivity contribution in [2.75, 3.05) is 4.90 Å². The Labute approximate surface area is 239 Å². The van der Waals surface area contributed by atoms with Gasteiger partial charge in [0.2, 0.25) is 12.1 Å². The van der Waals surface area contributed by atoms with Crippen molar-refractivity contribution in [3.05, 3.63) is 47.5 Å². The van der Waals surface area contributed by atoms with Crippen molar-refractivity contribution in [1.29, 1.82) is 0 Å². The van der Waals surface area contributed by atoms with E-state index in [9.17, 15) is 32.7 Å². The number of rotatable bonds is 5. The number of halogens is 3. The predicted molar refractivity (Wildman–Crippen MR) is 146 cm³/mol. The lowest BCUT2D eigenvalue weighted by Gasteiger charge is -2.46. The Bertz CT molecular complexity index is 1560. The zero-order valence-electron chi connectivity index (χ0n) is 23.7. The highest BCUT2D eigenvalue weighted by Crippen LogP contribution is 2.52. The number of aromatic nitrogens is 2. The summed E-state index contributed by atoms with van der Waals surface area (Å²) in [4.78, 5) is 42.5. The highest BCUT2D eigenvalue weighted by Gasteiger charge is 2.42. The normalized spacial score (nSPS) is 20.3. The molecular weight excluding hydrogens is 557 g/mol. The van der Waals surface area contributed by atoms with E-state index in [1.807, 2.05) is 4.57 Å². The molecule has 0 spiro atoms. The molecule has 224 valence electrons. The van der Waals surface area contributed by atoms with Gasteiger partial charge in [-0.2, -0.15) is 0 Å². The summed E-state index contributed by atoms with van der Waals surface area (Å²) in [5.74, 6) is -1.07. The van der Waals surface area contributed by atoms with Crippen molar-refractivity contribution in [3.63, 3.8) is 0 Å². The molecule has 42 heavy (non-hydrogen) atoms. The molecular formula is C29H31F3N4O6. The number of nitrogens with zero attached hydrogens (tertiary/aromatic N) is 3. The van der Waals surface area contributed by atoms with Crippen molar-refractivity contribution in [2.45, 2.75) is 72.4 Å². The van der Waals surface area contributed by atoms with Gasteiger partial charge in [-0.1, -0.05) is 27.7 Å². The number of hydrogen-bond acceptors (Lipinski definition) is 6. The maximum Gasteiger partial charge on any atom is 0.573 e. The van der Waals surface area contributed by atoms with Crippen LogP contribution in [0.1, 0.15) is 70.2 Å². The molecule has 2 N–H and O–H groups in total. The minimum Gasteiger partial charge on any atom is -0.464 e. The van der Waals surface area contributed by atoms with Gasteiger partial charge in [-0.05, 0) is 79.0 Å². The highest BCUT2D eigenvalue weighted by molar-refractivity contribution is 6.01. The molecule has 0 bridgehead atoms. The SMILES string of the molecule is Cc1cc2c(cc1C1OC(=O)NC1=O)nc(N(C(=O)O)c1ccc(OC(F)(F)F)cc1)n2C1CC(C)(C)CC(C)(C)C1. The smallest absolute Gasteiger partial charge is 0.464 e. The summed E-state index contributed by atoms with van der Waals surface area (Å²) < 4.78 is 49.2. The van der Waals surface area contributed by atoms with Crippen LogP contribution < -0.4 is 15.0 Å². The van der Waals surface area contributed by atoms with Crippen LogP contribution in [0.2, 0.25) is 0 Å². The Balaban J connectivity index is 1.69. The summed E-state index contributed by atoms with van der Waals surface area (Å²) in [5, 5.41) is 12.5. The van der Waals surface area contributed by atoms with Gasteiger partial charge in [0.15, 0.2) is 0 Å². The van der Waals surface area contributed by atoms with Crippen LogP contribution >= 0.6 is 0 Å². The van der Waals surface area contributed by atoms with Crippen LogP contribution in [0, 0.1) is 17.8 Å². The third-order valence-electron chi connectivity index (χ3n) is 7.65. The van der Waals surface area contributed by atoms with Gasteiger partial charge in [-0.3, -0.25) is 10.1 Å². The number of imide groups is 1. The molecule has 1 atom stereocenters. The molecule has 5 rings (SSSR count). The quantitative estimate of drug-likeness (QED) is 0.325. The molecule has 2 aromatic carbocycles. The van der Waals surface area contributed by atoms with E-state index in [1.54, 1.807) is 19.1 Å². The van der Waals surface area contributed by atoms with E-state index in [1.165, 1.54) is 12.1 Å². The first-order valence-electron chi connectivity index (χ1n) is 13.4. The zero-order chi connectivity index (χ0) is 30.8. The molecule has 1 saturated heterocycles. The summed E-state index contributed by atoms with van der Waals surface area (Å²) in [5.41, 5.74) is 1.90. The first-order chi connectivity index (χ1) is 19.4. The maximum atomic E-state index is 12.8. The van der Waals surface area contributed by atoms with Crippen molar-refractivity contribution in [2.24, 2.45) is 10.8 Å². The lowest BCUT2D eigenvalue weighted by Crippen LogP contribution is -2.36. The van der Waals surface area contributed by atoms with Gasteiger partial charge in [0.1, 0.15) is 5.75 Å². The van der Waals surface area contributed by atoms with Gasteiger partial charge in [-0.15, -0.1) is 13.2 Å². The standard InChI is InChI=1S/C29H31F3N4O6/c1-15-10-21-20(11-19(15)22-23(37)34-25(38)41-22)33-24(35(21)17-12-27(2,3)14-28(4,5)13-17)36(26(39)40)16-6-8-18(9-7-16)42-29(30,31)32/h6-11,17,22H,12-14H2,1-5H3,(H,39,40)(H,34,37,38). The van der Waals surface area contributed by atoms with E-state index in [0.29, 0.717) is 35.0 Å². The fourth-order valence-corrected chi connectivity index (χ4v) is 6.69. The molecule has 1 aliphatic heterocycles. The largest absolute Gasteiger partial charge is 0.573 e. The van der Waals surface area contributed by atoms with Crippen LogP contribution in [0.25, 0.3) is 11.0 Å². The van der Waals surface area contributed by atoms with E-state index in [0.717, 1.165) is 23.5 Å². The number of fused-ring (bicyclic) bond motifs is 1. The number of alkyl halides is 3. The van der Waals surface area contributed by atoms with E-state index >= 15 is 0 Å². The van der Waals surface area contributed by atoms with Crippen molar-refractivity contribution in [1.82, 2.24) is 14.9 Å².